The SMILES string of the molecule is CCN(CC)CCCCN1C(=Cc2ccnc3ccccc23)Sc2ccccc21. The van der Waals surface area contributed by atoms with Gasteiger partial charge in [-0.05, 0) is 68.4 Å². The van der Waals surface area contributed by atoms with Crippen molar-refractivity contribution in [3.05, 3.63) is 71.4 Å². The fourth-order valence-corrected chi connectivity index (χ4v) is 5.05. The highest BCUT2D eigenvalue weighted by Crippen LogP contribution is 2.46. The summed E-state index contributed by atoms with van der Waals surface area (Å²) in [6.07, 6.45) is 6.67. The minimum Gasteiger partial charge on any atom is -0.335 e. The Bertz CT molecular complexity index is 989. The second-order valence-electron chi connectivity index (χ2n) is 7.36. The monoisotopic (exact) mass is 403 g/mol. The standard InChI is InChI=1S/C25H29N3S/c1-3-27(4-2)17-9-10-18-28-23-13-7-8-14-24(23)29-25(28)19-20-15-16-26-22-12-6-5-11-21(20)22/h5-8,11-16,19H,3-4,9-10,17-18H2,1-2H3. The molecule has 4 rings (SSSR count). The number of rotatable bonds is 8. The largest absolute Gasteiger partial charge is 0.335 e. The molecule has 4 heteroatoms. The van der Waals surface area contributed by atoms with E-state index in [9.17, 15) is 0 Å². The zero-order chi connectivity index (χ0) is 20.1. The third-order valence-electron chi connectivity index (χ3n) is 5.60. The highest BCUT2D eigenvalue weighted by Gasteiger charge is 2.24. The smallest absolute Gasteiger partial charge is 0.0807 e. The van der Waals surface area contributed by atoms with E-state index in [4.69, 9.17) is 0 Å². The minimum atomic E-state index is 1.05. The van der Waals surface area contributed by atoms with E-state index in [-0.39, 0.29) is 0 Å². The Balaban J connectivity index is 1.57. The summed E-state index contributed by atoms with van der Waals surface area (Å²) in [4.78, 5) is 10.9. The average Bonchev–Trinajstić information content (AvgIpc) is 3.11. The predicted molar refractivity (Wildman–Crippen MR) is 126 cm³/mol. The van der Waals surface area contributed by atoms with Crippen LogP contribution >= 0.6 is 11.8 Å². The third kappa shape index (κ3) is 4.49. The lowest BCUT2D eigenvalue weighted by Gasteiger charge is -2.22. The van der Waals surface area contributed by atoms with Gasteiger partial charge in [0.1, 0.15) is 0 Å². The summed E-state index contributed by atoms with van der Waals surface area (Å²) in [5, 5.41) is 2.52. The Hall–Kier alpha value is -2.30. The number of anilines is 1. The maximum absolute atomic E-state index is 4.51. The van der Waals surface area contributed by atoms with Crippen molar-refractivity contribution in [2.24, 2.45) is 0 Å². The Labute approximate surface area is 178 Å². The van der Waals surface area contributed by atoms with Crippen molar-refractivity contribution < 1.29 is 0 Å². The maximum Gasteiger partial charge on any atom is 0.0807 e. The van der Waals surface area contributed by atoms with Crippen molar-refractivity contribution in [2.75, 3.05) is 31.1 Å². The van der Waals surface area contributed by atoms with Gasteiger partial charge in [-0.15, -0.1) is 0 Å². The van der Waals surface area contributed by atoms with E-state index in [0.29, 0.717) is 0 Å². The van der Waals surface area contributed by atoms with Crippen LogP contribution in [-0.4, -0.2) is 36.1 Å². The van der Waals surface area contributed by atoms with Crippen LogP contribution in [0.2, 0.25) is 0 Å². The van der Waals surface area contributed by atoms with Gasteiger partial charge in [0.25, 0.3) is 0 Å². The number of fused-ring (bicyclic) bond motifs is 2. The summed E-state index contributed by atoms with van der Waals surface area (Å²) in [5.74, 6) is 0. The Kier molecular flexibility index (Phi) is 6.53. The van der Waals surface area contributed by atoms with Crippen LogP contribution in [-0.2, 0) is 0 Å². The Morgan fingerprint density at radius 3 is 2.62 bits per heavy atom. The number of benzene rings is 2. The van der Waals surface area contributed by atoms with Crippen molar-refractivity contribution in [3.8, 4) is 0 Å². The lowest BCUT2D eigenvalue weighted by Crippen LogP contribution is -2.25. The molecule has 150 valence electrons. The molecule has 2 aromatic carbocycles. The Morgan fingerprint density at radius 1 is 0.966 bits per heavy atom. The van der Waals surface area contributed by atoms with E-state index < -0.39 is 0 Å². The summed E-state index contributed by atoms with van der Waals surface area (Å²) >= 11 is 1.88. The van der Waals surface area contributed by atoms with Gasteiger partial charge in [0.2, 0.25) is 0 Å². The molecule has 3 nitrogen and oxygen atoms in total. The number of thioether (sulfide) groups is 1. The molecule has 0 saturated carbocycles. The molecule has 0 amide bonds. The second kappa shape index (κ2) is 9.47. The van der Waals surface area contributed by atoms with Gasteiger partial charge in [-0.25, -0.2) is 0 Å². The number of pyridine rings is 1. The molecular formula is C25H29N3S. The lowest BCUT2D eigenvalue weighted by molar-refractivity contribution is 0.297. The summed E-state index contributed by atoms with van der Waals surface area (Å²) < 4.78 is 0. The highest BCUT2D eigenvalue weighted by molar-refractivity contribution is 8.03. The lowest BCUT2D eigenvalue weighted by atomic mass is 10.1. The van der Waals surface area contributed by atoms with E-state index in [1.54, 1.807) is 0 Å². The van der Waals surface area contributed by atoms with Crippen LogP contribution in [0, 0.1) is 0 Å². The summed E-state index contributed by atoms with van der Waals surface area (Å²) in [6, 6.07) is 19.3. The number of para-hydroxylation sites is 2. The second-order valence-corrected chi connectivity index (χ2v) is 8.42. The van der Waals surface area contributed by atoms with Crippen LogP contribution < -0.4 is 4.90 Å². The van der Waals surface area contributed by atoms with Crippen molar-refractivity contribution in [3.63, 3.8) is 0 Å². The van der Waals surface area contributed by atoms with E-state index in [1.807, 2.05) is 18.0 Å². The normalized spacial score (nSPS) is 14.9. The summed E-state index contributed by atoms with van der Waals surface area (Å²) in [5.41, 5.74) is 3.62. The highest BCUT2D eigenvalue weighted by atomic mass is 32.2. The van der Waals surface area contributed by atoms with E-state index in [1.165, 1.54) is 45.9 Å². The van der Waals surface area contributed by atoms with E-state index >= 15 is 0 Å². The molecule has 0 fully saturated rings. The molecule has 1 aromatic heterocycles. The summed E-state index contributed by atoms with van der Waals surface area (Å²) in [7, 11) is 0. The fourth-order valence-electron chi connectivity index (χ4n) is 3.91. The van der Waals surface area contributed by atoms with Crippen LogP contribution in [0.4, 0.5) is 5.69 Å². The van der Waals surface area contributed by atoms with Gasteiger partial charge in [0, 0.05) is 23.0 Å². The molecule has 0 aliphatic carbocycles. The molecule has 0 radical (unpaired) electrons. The molecule has 0 unspecified atom stereocenters. The zero-order valence-corrected chi connectivity index (χ0v) is 18.2. The van der Waals surface area contributed by atoms with Gasteiger partial charge < -0.3 is 9.80 Å². The van der Waals surface area contributed by atoms with E-state index in [0.717, 1.165) is 25.2 Å². The van der Waals surface area contributed by atoms with Crippen LogP contribution in [0.5, 0.6) is 0 Å². The van der Waals surface area contributed by atoms with Crippen molar-refractivity contribution in [1.82, 2.24) is 9.88 Å². The first kappa shape index (κ1) is 20.0. The zero-order valence-electron chi connectivity index (χ0n) is 17.3. The number of hydrogen-bond acceptors (Lipinski definition) is 4. The molecule has 29 heavy (non-hydrogen) atoms. The minimum absolute atomic E-state index is 1.05. The van der Waals surface area contributed by atoms with Crippen molar-refractivity contribution in [2.45, 2.75) is 31.6 Å². The molecule has 0 spiro atoms. The van der Waals surface area contributed by atoms with E-state index in [2.05, 4.69) is 89.3 Å². The predicted octanol–water partition coefficient (Wildman–Crippen LogP) is 6.27. The quantitative estimate of drug-likeness (QED) is 0.413. The van der Waals surface area contributed by atoms with Gasteiger partial charge in [-0.1, -0.05) is 55.9 Å². The molecule has 0 N–H and O–H groups in total. The number of nitrogens with zero attached hydrogens (tertiary/aromatic N) is 3. The first-order valence-corrected chi connectivity index (χ1v) is 11.4. The average molecular weight is 404 g/mol. The van der Waals surface area contributed by atoms with Gasteiger partial charge in [0.15, 0.2) is 0 Å². The molecule has 0 bridgehead atoms. The topological polar surface area (TPSA) is 19.4 Å². The Morgan fingerprint density at radius 2 is 1.76 bits per heavy atom. The van der Waals surface area contributed by atoms with Gasteiger partial charge in [-0.3, -0.25) is 4.98 Å². The molecule has 1 aliphatic rings. The molecule has 2 heterocycles. The molecule has 0 atom stereocenters. The van der Waals surface area contributed by atoms with Crippen molar-refractivity contribution in [1.29, 1.82) is 0 Å². The van der Waals surface area contributed by atoms with Gasteiger partial charge in [0.05, 0.1) is 16.2 Å². The molecule has 0 saturated heterocycles. The van der Waals surface area contributed by atoms with Crippen LogP contribution in [0.1, 0.15) is 32.3 Å². The van der Waals surface area contributed by atoms with Crippen LogP contribution in [0.15, 0.2) is 70.7 Å². The van der Waals surface area contributed by atoms with Gasteiger partial charge >= 0.3 is 0 Å². The molecule has 3 aromatic rings. The maximum atomic E-state index is 4.51. The first-order valence-electron chi connectivity index (χ1n) is 10.6. The van der Waals surface area contributed by atoms with Crippen LogP contribution in [0.25, 0.3) is 17.0 Å². The fraction of sp³-hybridized carbons (Fsp3) is 0.320. The molecular weight excluding hydrogens is 374 g/mol. The van der Waals surface area contributed by atoms with Crippen LogP contribution in [0.3, 0.4) is 0 Å². The molecule has 1 aliphatic heterocycles. The van der Waals surface area contributed by atoms with Crippen molar-refractivity contribution >= 4 is 34.4 Å². The van der Waals surface area contributed by atoms with Gasteiger partial charge in [-0.2, -0.15) is 0 Å². The first-order chi connectivity index (χ1) is 14.3. The summed E-state index contributed by atoms with van der Waals surface area (Å²) in [6.45, 7) is 9.01. The number of unbranched alkanes of at least 4 members (excludes halogenated alkanes) is 1. The number of aromatic nitrogens is 1. The third-order valence-corrected chi connectivity index (χ3v) is 6.71. The number of hydrogen-bond donors (Lipinski definition) is 0.